The molecule has 1 N–H and O–H groups in total. The maximum Gasteiger partial charge on any atom is 0.234 e. The standard InChI is InChI=1S/C21H18BrN3OS/c1-12-4-7-18(17(22)8-12)24-19(26)11-27-21-15(10-23)9-16-13(2)5-6-14(3)20(16)25-21/h4-9H,11H2,1-3H3,(H,24,26). The van der Waals surface area contributed by atoms with Crippen LogP contribution in [0.1, 0.15) is 22.3 Å². The van der Waals surface area contributed by atoms with Crippen molar-refractivity contribution < 1.29 is 4.79 Å². The third-order valence-electron chi connectivity index (χ3n) is 4.23. The van der Waals surface area contributed by atoms with E-state index in [1.54, 1.807) is 0 Å². The molecule has 3 aromatic rings. The van der Waals surface area contributed by atoms with Crippen LogP contribution in [0.2, 0.25) is 0 Å². The lowest BCUT2D eigenvalue weighted by molar-refractivity contribution is -0.113. The number of thioether (sulfide) groups is 1. The number of benzene rings is 2. The Kier molecular flexibility index (Phi) is 5.83. The van der Waals surface area contributed by atoms with Gasteiger partial charge in [-0.25, -0.2) is 4.98 Å². The molecule has 0 aliphatic carbocycles. The van der Waals surface area contributed by atoms with Gasteiger partial charge in [0, 0.05) is 9.86 Å². The molecule has 0 saturated carbocycles. The quantitative estimate of drug-likeness (QED) is 0.542. The van der Waals surface area contributed by atoms with Crippen molar-refractivity contribution in [2.75, 3.05) is 11.1 Å². The highest BCUT2D eigenvalue weighted by Gasteiger charge is 2.13. The Bertz CT molecular complexity index is 1090. The molecule has 1 aromatic heterocycles. The van der Waals surface area contributed by atoms with Crippen molar-refractivity contribution in [2.24, 2.45) is 0 Å². The molecule has 1 amide bonds. The number of aryl methyl sites for hydroxylation is 3. The molecule has 27 heavy (non-hydrogen) atoms. The summed E-state index contributed by atoms with van der Waals surface area (Å²) in [5.41, 5.74) is 5.33. The van der Waals surface area contributed by atoms with Gasteiger partial charge < -0.3 is 5.32 Å². The number of fused-ring (bicyclic) bond motifs is 1. The maximum atomic E-state index is 12.3. The van der Waals surface area contributed by atoms with Crippen LogP contribution in [0.5, 0.6) is 0 Å². The molecule has 0 atom stereocenters. The van der Waals surface area contributed by atoms with E-state index in [1.807, 2.05) is 57.2 Å². The van der Waals surface area contributed by atoms with Crippen molar-refractivity contribution in [2.45, 2.75) is 25.8 Å². The third kappa shape index (κ3) is 4.32. The summed E-state index contributed by atoms with van der Waals surface area (Å²) in [4.78, 5) is 17.0. The smallest absolute Gasteiger partial charge is 0.234 e. The number of nitriles is 1. The first-order valence-corrected chi connectivity index (χ1v) is 10.2. The zero-order valence-corrected chi connectivity index (χ0v) is 17.7. The van der Waals surface area contributed by atoms with E-state index in [9.17, 15) is 10.1 Å². The van der Waals surface area contributed by atoms with Gasteiger partial charge in [-0.3, -0.25) is 4.79 Å². The summed E-state index contributed by atoms with van der Waals surface area (Å²) >= 11 is 4.74. The van der Waals surface area contributed by atoms with Crippen molar-refractivity contribution in [3.05, 3.63) is 63.1 Å². The maximum absolute atomic E-state index is 12.3. The molecule has 0 spiro atoms. The fourth-order valence-electron chi connectivity index (χ4n) is 2.75. The lowest BCUT2D eigenvalue weighted by Gasteiger charge is -2.10. The highest BCUT2D eigenvalue weighted by Crippen LogP contribution is 2.29. The number of rotatable bonds is 4. The van der Waals surface area contributed by atoms with Gasteiger partial charge >= 0.3 is 0 Å². The lowest BCUT2D eigenvalue weighted by atomic mass is 10.0. The molecular formula is C21H18BrN3OS. The third-order valence-corrected chi connectivity index (χ3v) is 5.88. The van der Waals surface area contributed by atoms with Gasteiger partial charge in [-0.05, 0) is 71.6 Å². The number of hydrogen-bond acceptors (Lipinski definition) is 4. The predicted molar refractivity (Wildman–Crippen MR) is 114 cm³/mol. The van der Waals surface area contributed by atoms with Crippen LogP contribution in [-0.4, -0.2) is 16.6 Å². The van der Waals surface area contributed by atoms with Gasteiger partial charge in [-0.1, -0.05) is 30.0 Å². The van der Waals surface area contributed by atoms with Gasteiger partial charge in [0.1, 0.15) is 11.1 Å². The SMILES string of the molecule is Cc1ccc(NC(=O)CSc2nc3c(C)ccc(C)c3cc2C#N)c(Br)c1. The zero-order valence-electron chi connectivity index (χ0n) is 15.3. The van der Waals surface area contributed by atoms with Gasteiger partial charge in [0.25, 0.3) is 0 Å². The minimum atomic E-state index is -0.142. The molecule has 0 saturated heterocycles. The Morgan fingerprint density at radius 3 is 2.63 bits per heavy atom. The normalized spacial score (nSPS) is 10.6. The molecule has 3 rings (SSSR count). The number of carbonyl (C=O) groups excluding carboxylic acids is 1. The molecule has 136 valence electrons. The minimum Gasteiger partial charge on any atom is -0.324 e. The first kappa shape index (κ1) is 19.4. The summed E-state index contributed by atoms with van der Waals surface area (Å²) in [6.07, 6.45) is 0. The number of aromatic nitrogens is 1. The second kappa shape index (κ2) is 8.12. The van der Waals surface area contributed by atoms with Crippen molar-refractivity contribution in [1.82, 2.24) is 4.98 Å². The van der Waals surface area contributed by atoms with E-state index < -0.39 is 0 Å². The van der Waals surface area contributed by atoms with Crippen LogP contribution in [0.25, 0.3) is 10.9 Å². The van der Waals surface area contributed by atoms with E-state index in [-0.39, 0.29) is 11.7 Å². The van der Waals surface area contributed by atoms with Crippen LogP contribution in [-0.2, 0) is 4.79 Å². The summed E-state index contributed by atoms with van der Waals surface area (Å²) in [7, 11) is 0. The molecule has 0 aliphatic rings. The Hall–Kier alpha value is -2.36. The largest absolute Gasteiger partial charge is 0.324 e. The fourth-order valence-corrected chi connectivity index (χ4v) is 4.10. The Balaban J connectivity index is 1.81. The molecular weight excluding hydrogens is 422 g/mol. The van der Waals surface area contributed by atoms with E-state index in [0.29, 0.717) is 10.6 Å². The summed E-state index contributed by atoms with van der Waals surface area (Å²) in [5, 5.41) is 13.9. The Morgan fingerprint density at radius 2 is 1.93 bits per heavy atom. The van der Waals surface area contributed by atoms with Crippen LogP contribution in [0, 0.1) is 32.1 Å². The monoisotopic (exact) mass is 439 g/mol. The van der Waals surface area contributed by atoms with Gasteiger partial charge in [-0.2, -0.15) is 5.26 Å². The predicted octanol–water partition coefficient (Wildman–Crippen LogP) is 5.53. The number of pyridine rings is 1. The van der Waals surface area contributed by atoms with E-state index in [2.05, 4.69) is 32.3 Å². The number of carbonyl (C=O) groups is 1. The van der Waals surface area contributed by atoms with E-state index in [1.165, 1.54) is 11.8 Å². The van der Waals surface area contributed by atoms with Crippen LogP contribution in [0.15, 0.2) is 45.9 Å². The minimum absolute atomic E-state index is 0.142. The summed E-state index contributed by atoms with van der Waals surface area (Å²) < 4.78 is 0.841. The number of nitrogens with one attached hydrogen (secondary N) is 1. The van der Waals surface area contributed by atoms with Crippen molar-refractivity contribution >= 4 is 50.2 Å². The number of nitrogens with zero attached hydrogens (tertiary/aromatic N) is 2. The molecule has 6 heteroatoms. The fraction of sp³-hybridized carbons (Fsp3) is 0.190. The molecule has 0 unspecified atom stereocenters. The molecule has 0 radical (unpaired) electrons. The van der Waals surface area contributed by atoms with Crippen LogP contribution >= 0.6 is 27.7 Å². The van der Waals surface area contributed by atoms with Gasteiger partial charge in [0.2, 0.25) is 5.91 Å². The molecule has 4 nitrogen and oxygen atoms in total. The first-order chi connectivity index (χ1) is 12.9. The van der Waals surface area contributed by atoms with E-state index >= 15 is 0 Å². The first-order valence-electron chi connectivity index (χ1n) is 8.39. The van der Waals surface area contributed by atoms with Crippen LogP contribution in [0.4, 0.5) is 5.69 Å². The van der Waals surface area contributed by atoms with E-state index in [0.717, 1.165) is 37.8 Å². The van der Waals surface area contributed by atoms with Crippen LogP contribution < -0.4 is 5.32 Å². The topological polar surface area (TPSA) is 65.8 Å². The average molecular weight is 440 g/mol. The Labute approximate surface area is 171 Å². The second-order valence-electron chi connectivity index (χ2n) is 6.37. The highest BCUT2D eigenvalue weighted by atomic mass is 79.9. The highest BCUT2D eigenvalue weighted by molar-refractivity contribution is 9.10. The van der Waals surface area contributed by atoms with E-state index in [4.69, 9.17) is 0 Å². The average Bonchev–Trinajstić information content (AvgIpc) is 2.65. The number of hydrogen-bond donors (Lipinski definition) is 1. The zero-order chi connectivity index (χ0) is 19.6. The number of amides is 1. The molecule has 0 fully saturated rings. The number of halogens is 1. The molecule has 1 heterocycles. The summed E-state index contributed by atoms with van der Waals surface area (Å²) in [6, 6.07) is 13.9. The van der Waals surface area contributed by atoms with Crippen molar-refractivity contribution in [1.29, 1.82) is 5.26 Å². The van der Waals surface area contributed by atoms with Crippen molar-refractivity contribution in [3.63, 3.8) is 0 Å². The van der Waals surface area contributed by atoms with Gasteiger partial charge in [-0.15, -0.1) is 0 Å². The number of anilines is 1. The molecule has 0 bridgehead atoms. The van der Waals surface area contributed by atoms with Gasteiger partial charge in [0.05, 0.1) is 22.5 Å². The van der Waals surface area contributed by atoms with Crippen molar-refractivity contribution in [3.8, 4) is 6.07 Å². The molecule has 0 aliphatic heterocycles. The second-order valence-corrected chi connectivity index (χ2v) is 8.19. The Morgan fingerprint density at radius 1 is 1.19 bits per heavy atom. The lowest BCUT2D eigenvalue weighted by Crippen LogP contribution is -2.14. The molecule has 2 aromatic carbocycles. The summed E-state index contributed by atoms with van der Waals surface area (Å²) in [5.74, 6) is 0.0366. The van der Waals surface area contributed by atoms with Gasteiger partial charge in [0.15, 0.2) is 0 Å². The van der Waals surface area contributed by atoms with Crippen LogP contribution in [0.3, 0.4) is 0 Å². The summed E-state index contributed by atoms with van der Waals surface area (Å²) in [6.45, 7) is 5.99.